The van der Waals surface area contributed by atoms with E-state index in [-0.39, 0.29) is 11.5 Å². The second-order valence-electron chi connectivity index (χ2n) is 3.32. The fourth-order valence-corrected chi connectivity index (χ4v) is 1.57. The Morgan fingerprint density at radius 3 is 2.71 bits per heavy atom. The number of aryl methyl sites for hydroxylation is 1. The molecule has 78 valence electrons. The van der Waals surface area contributed by atoms with Gasteiger partial charge >= 0.3 is 12.1 Å². The molecule has 0 saturated carbocycles. The first kappa shape index (κ1) is 9.51. The molecule has 1 aliphatic carbocycles. The van der Waals surface area contributed by atoms with Crippen LogP contribution >= 0.6 is 0 Å². The first-order valence-electron chi connectivity index (χ1n) is 4.31. The maximum atomic E-state index is 12.2. The molecular formula is C8H9F3N2O. The summed E-state index contributed by atoms with van der Waals surface area (Å²) in [5, 5.41) is 0. The molecule has 0 amide bonds. The van der Waals surface area contributed by atoms with Crippen molar-refractivity contribution in [3.63, 3.8) is 0 Å². The van der Waals surface area contributed by atoms with Crippen LogP contribution in [0.3, 0.4) is 0 Å². The summed E-state index contributed by atoms with van der Waals surface area (Å²) in [4.78, 5) is 3.39. The van der Waals surface area contributed by atoms with Crippen molar-refractivity contribution < 1.29 is 17.6 Å². The van der Waals surface area contributed by atoms with Crippen LogP contribution in [-0.2, 0) is 12.6 Å². The van der Waals surface area contributed by atoms with E-state index in [0.29, 0.717) is 12.8 Å². The van der Waals surface area contributed by atoms with Gasteiger partial charge in [-0.05, 0) is 12.8 Å². The van der Waals surface area contributed by atoms with E-state index in [1.807, 2.05) is 0 Å². The zero-order valence-corrected chi connectivity index (χ0v) is 7.27. The molecule has 0 spiro atoms. The molecule has 1 aromatic heterocycles. The van der Waals surface area contributed by atoms with Gasteiger partial charge in [0.2, 0.25) is 0 Å². The minimum absolute atomic E-state index is 0.267. The van der Waals surface area contributed by atoms with Crippen LogP contribution in [0.2, 0.25) is 0 Å². The van der Waals surface area contributed by atoms with E-state index in [9.17, 15) is 13.2 Å². The predicted molar refractivity (Wildman–Crippen MR) is 41.4 cm³/mol. The van der Waals surface area contributed by atoms with Gasteiger partial charge in [-0.15, -0.1) is 0 Å². The van der Waals surface area contributed by atoms with E-state index in [1.165, 1.54) is 0 Å². The minimum atomic E-state index is -4.52. The molecule has 2 N–H and O–H groups in total. The van der Waals surface area contributed by atoms with Crippen LogP contribution in [0.4, 0.5) is 13.2 Å². The summed E-state index contributed by atoms with van der Waals surface area (Å²) >= 11 is 0. The average molecular weight is 206 g/mol. The van der Waals surface area contributed by atoms with Crippen LogP contribution in [0.25, 0.3) is 0 Å². The van der Waals surface area contributed by atoms with Gasteiger partial charge in [-0.25, -0.2) is 4.98 Å². The molecule has 0 radical (unpaired) electrons. The maximum Gasteiger partial charge on any atom is 0.468 e. The molecule has 0 bridgehead atoms. The molecule has 1 heterocycles. The van der Waals surface area contributed by atoms with Crippen LogP contribution < -0.4 is 5.73 Å². The lowest BCUT2D eigenvalue weighted by atomic mass is 9.98. The van der Waals surface area contributed by atoms with E-state index < -0.39 is 18.1 Å². The molecule has 2 rings (SSSR count). The number of nitrogens with two attached hydrogens (primary N) is 1. The van der Waals surface area contributed by atoms with Gasteiger partial charge in [-0.1, -0.05) is 0 Å². The third kappa shape index (κ3) is 1.50. The zero-order valence-electron chi connectivity index (χ0n) is 7.27. The first-order chi connectivity index (χ1) is 6.48. The smallest absolute Gasteiger partial charge is 0.438 e. The number of hydrogen-bond donors (Lipinski definition) is 1. The molecule has 6 heteroatoms. The Bertz CT molecular complexity index is 345. The highest BCUT2D eigenvalue weighted by atomic mass is 19.4. The summed E-state index contributed by atoms with van der Waals surface area (Å²) in [5.41, 5.74) is 5.88. The van der Waals surface area contributed by atoms with E-state index in [1.54, 1.807) is 0 Å². The lowest BCUT2D eigenvalue weighted by Gasteiger charge is -2.14. The van der Waals surface area contributed by atoms with Crippen molar-refractivity contribution >= 4 is 0 Å². The Balaban J connectivity index is 2.40. The third-order valence-corrected chi connectivity index (χ3v) is 2.24. The number of aromatic nitrogens is 1. The summed E-state index contributed by atoms with van der Waals surface area (Å²) < 4.78 is 41.2. The van der Waals surface area contributed by atoms with Crippen molar-refractivity contribution in [2.45, 2.75) is 31.5 Å². The summed E-state index contributed by atoms with van der Waals surface area (Å²) in [6.45, 7) is 0. The van der Waals surface area contributed by atoms with Gasteiger partial charge in [-0.2, -0.15) is 13.2 Å². The fourth-order valence-electron chi connectivity index (χ4n) is 1.57. The molecule has 1 unspecified atom stereocenters. The largest absolute Gasteiger partial charge is 0.468 e. The monoisotopic (exact) mass is 206 g/mol. The highest BCUT2D eigenvalue weighted by Crippen LogP contribution is 2.34. The molecule has 0 fully saturated rings. The van der Waals surface area contributed by atoms with Gasteiger partial charge in [0.15, 0.2) is 0 Å². The standard InChI is InChI=1S/C8H9F3N2O/c9-8(10,11)7-13-6-4(12)2-1-3-5(6)14-7/h4H,1-3,12H2. The Morgan fingerprint density at radius 1 is 1.43 bits per heavy atom. The van der Waals surface area contributed by atoms with Crippen molar-refractivity contribution in [3.05, 3.63) is 17.3 Å². The molecule has 0 aromatic carbocycles. The number of halogens is 3. The Kier molecular flexibility index (Phi) is 2.02. The molecule has 0 aliphatic heterocycles. The normalized spacial score (nSPS) is 22.1. The van der Waals surface area contributed by atoms with Crippen molar-refractivity contribution in [1.29, 1.82) is 0 Å². The summed E-state index contributed by atoms with van der Waals surface area (Å²) in [7, 11) is 0. The van der Waals surface area contributed by atoms with Gasteiger partial charge in [0, 0.05) is 6.42 Å². The van der Waals surface area contributed by atoms with Gasteiger partial charge in [0.1, 0.15) is 5.76 Å². The van der Waals surface area contributed by atoms with Crippen LogP contribution in [-0.4, -0.2) is 4.98 Å². The molecule has 14 heavy (non-hydrogen) atoms. The predicted octanol–water partition coefficient (Wildman–Crippen LogP) is 2.03. The van der Waals surface area contributed by atoms with Crippen molar-refractivity contribution in [1.82, 2.24) is 4.98 Å². The van der Waals surface area contributed by atoms with E-state index in [4.69, 9.17) is 5.73 Å². The number of rotatable bonds is 0. The van der Waals surface area contributed by atoms with Gasteiger partial charge < -0.3 is 10.2 Å². The summed E-state index contributed by atoms with van der Waals surface area (Å²) in [5.74, 6) is -0.893. The number of fused-ring (bicyclic) bond motifs is 1. The van der Waals surface area contributed by atoms with Gasteiger partial charge in [-0.3, -0.25) is 0 Å². The molecule has 3 nitrogen and oxygen atoms in total. The Morgan fingerprint density at radius 2 is 2.14 bits per heavy atom. The number of oxazole rings is 1. The second-order valence-corrected chi connectivity index (χ2v) is 3.32. The van der Waals surface area contributed by atoms with Crippen molar-refractivity contribution in [3.8, 4) is 0 Å². The summed E-state index contributed by atoms with van der Waals surface area (Å²) in [6, 6.07) is -0.418. The Labute approximate surface area is 78.1 Å². The number of nitrogens with zero attached hydrogens (tertiary/aromatic N) is 1. The highest BCUT2D eigenvalue weighted by Gasteiger charge is 2.39. The fraction of sp³-hybridized carbons (Fsp3) is 0.625. The third-order valence-electron chi connectivity index (χ3n) is 2.24. The van der Waals surface area contributed by atoms with Crippen LogP contribution in [0.15, 0.2) is 4.42 Å². The van der Waals surface area contributed by atoms with Crippen molar-refractivity contribution in [2.75, 3.05) is 0 Å². The maximum absolute atomic E-state index is 12.2. The quantitative estimate of drug-likeness (QED) is 0.706. The van der Waals surface area contributed by atoms with Crippen molar-refractivity contribution in [2.24, 2.45) is 5.73 Å². The van der Waals surface area contributed by atoms with E-state index in [2.05, 4.69) is 9.40 Å². The first-order valence-corrected chi connectivity index (χ1v) is 4.31. The molecule has 1 aromatic rings. The lowest BCUT2D eigenvalue weighted by molar-refractivity contribution is -0.157. The Hall–Kier alpha value is -1.04. The highest BCUT2D eigenvalue weighted by molar-refractivity contribution is 5.18. The molecule has 1 atom stereocenters. The molecule has 1 aliphatic rings. The lowest BCUT2D eigenvalue weighted by Crippen LogP contribution is -2.17. The SMILES string of the molecule is NC1CCCc2oc(C(F)(F)F)nc21. The zero-order chi connectivity index (χ0) is 10.3. The second kappa shape index (κ2) is 2.98. The number of alkyl halides is 3. The van der Waals surface area contributed by atoms with Crippen LogP contribution in [0, 0.1) is 0 Å². The van der Waals surface area contributed by atoms with Crippen LogP contribution in [0.1, 0.15) is 36.2 Å². The van der Waals surface area contributed by atoms with Gasteiger partial charge in [0.25, 0.3) is 0 Å². The summed E-state index contributed by atoms with van der Waals surface area (Å²) in [6.07, 6.45) is -2.61. The number of hydrogen-bond acceptors (Lipinski definition) is 3. The van der Waals surface area contributed by atoms with E-state index >= 15 is 0 Å². The van der Waals surface area contributed by atoms with Crippen LogP contribution in [0.5, 0.6) is 0 Å². The average Bonchev–Trinajstić information content (AvgIpc) is 2.48. The topological polar surface area (TPSA) is 52.0 Å². The van der Waals surface area contributed by atoms with E-state index in [0.717, 1.165) is 6.42 Å². The molecule has 0 saturated heterocycles. The molecular weight excluding hydrogens is 197 g/mol. The van der Waals surface area contributed by atoms with Gasteiger partial charge in [0.05, 0.1) is 11.7 Å². The minimum Gasteiger partial charge on any atom is -0.438 e.